The summed E-state index contributed by atoms with van der Waals surface area (Å²) < 4.78 is 34.6. The van der Waals surface area contributed by atoms with Gasteiger partial charge in [-0.25, -0.2) is 13.1 Å². The maximum Gasteiger partial charge on any atom is 0.211 e. The Balaban J connectivity index is 1.94. The van der Waals surface area contributed by atoms with Crippen LogP contribution < -0.4 is 9.46 Å². The molecule has 1 heterocycles. The number of rotatable bonds is 9. The smallest absolute Gasteiger partial charge is 0.211 e. The monoisotopic (exact) mass is 365 g/mol. The molecule has 0 aliphatic carbocycles. The van der Waals surface area contributed by atoms with E-state index in [1.54, 1.807) is 7.11 Å². The summed E-state index contributed by atoms with van der Waals surface area (Å²) >= 11 is 0. The van der Waals surface area contributed by atoms with Gasteiger partial charge in [0.05, 0.1) is 18.9 Å². The lowest BCUT2D eigenvalue weighted by molar-refractivity contribution is 0.289. The second kappa shape index (κ2) is 8.51. The highest BCUT2D eigenvalue weighted by Gasteiger charge is 2.20. The zero-order valence-corrected chi connectivity index (χ0v) is 16.1. The number of methoxy groups -OCH3 is 1. The van der Waals surface area contributed by atoms with Crippen LogP contribution in [0.4, 0.5) is 0 Å². The lowest BCUT2D eigenvalue weighted by Gasteiger charge is -2.25. The number of nitrogens with zero attached hydrogens (tertiary/aromatic N) is 2. The quantitative estimate of drug-likeness (QED) is 0.736. The van der Waals surface area contributed by atoms with Crippen LogP contribution in [0, 0.1) is 0 Å². The van der Waals surface area contributed by atoms with Crippen molar-refractivity contribution in [1.82, 2.24) is 14.2 Å². The van der Waals surface area contributed by atoms with E-state index in [2.05, 4.69) is 4.72 Å². The third-order valence-electron chi connectivity index (χ3n) is 4.26. The molecule has 0 spiro atoms. The molecule has 0 aliphatic rings. The summed E-state index contributed by atoms with van der Waals surface area (Å²) in [6.45, 7) is 0.343. The van der Waals surface area contributed by atoms with E-state index in [-0.39, 0.29) is 11.8 Å². The lowest BCUT2D eigenvalue weighted by atomic mass is 10.2. The maximum absolute atomic E-state index is 12.3. The van der Waals surface area contributed by atoms with Gasteiger partial charge in [-0.2, -0.15) is 0 Å². The Labute approximate surface area is 150 Å². The molecule has 6 nitrogen and oxygen atoms in total. The molecule has 0 saturated carbocycles. The Hall–Kier alpha value is -1.83. The number of hydrogen-bond donors (Lipinski definition) is 1. The van der Waals surface area contributed by atoms with E-state index >= 15 is 0 Å². The summed E-state index contributed by atoms with van der Waals surface area (Å²) in [6.07, 6.45) is 2.43. The lowest BCUT2D eigenvalue weighted by Crippen LogP contribution is -2.36. The third-order valence-corrected chi connectivity index (χ3v) is 5.61. The summed E-state index contributed by atoms with van der Waals surface area (Å²) in [5, 5.41) is 0. The summed E-state index contributed by atoms with van der Waals surface area (Å²) in [5.41, 5.74) is 2.04. The SMILES string of the molecule is COc1ccc(CCS(=O)(=O)NCC(c2cccn2C)N(C)C)cc1. The van der Waals surface area contributed by atoms with Gasteiger partial charge in [-0.05, 0) is 50.3 Å². The van der Waals surface area contributed by atoms with E-state index < -0.39 is 10.0 Å². The molecule has 1 aromatic carbocycles. The van der Waals surface area contributed by atoms with Crippen molar-refractivity contribution in [2.75, 3.05) is 33.5 Å². The molecular weight excluding hydrogens is 338 g/mol. The molecule has 2 aromatic rings. The maximum atomic E-state index is 12.3. The van der Waals surface area contributed by atoms with Crippen LogP contribution in [-0.4, -0.2) is 51.4 Å². The molecule has 0 radical (unpaired) electrons. The van der Waals surface area contributed by atoms with Gasteiger partial charge in [0.25, 0.3) is 0 Å². The van der Waals surface area contributed by atoms with Crippen molar-refractivity contribution >= 4 is 10.0 Å². The van der Waals surface area contributed by atoms with Crippen molar-refractivity contribution in [2.24, 2.45) is 7.05 Å². The molecule has 138 valence electrons. The molecule has 2 rings (SSSR count). The fraction of sp³-hybridized carbons (Fsp3) is 0.444. The molecule has 7 heteroatoms. The van der Waals surface area contributed by atoms with Crippen molar-refractivity contribution in [3.8, 4) is 5.75 Å². The number of sulfonamides is 1. The molecule has 1 aromatic heterocycles. The molecule has 25 heavy (non-hydrogen) atoms. The molecule has 0 bridgehead atoms. The van der Waals surface area contributed by atoms with E-state index in [0.29, 0.717) is 13.0 Å². The van der Waals surface area contributed by atoms with Crippen LogP contribution in [-0.2, 0) is 23.5 Å². The van der Waals surface area contributed by atoms with Crippen molar-refractivity contribution < 1.29 is 13.2 Å². The highest BCUT2D eigenvalue weighted by atomic mass is 32.2. The number of benzene rings is 1. The average Bonchev–Trinajstić information content (AvgIpc) is 2.99. The number of ether oxygens (including phenoxy) is 1. The number of likely N-dealkylation sites (N-methyl/N-ethyl adjacent to an activating group) is 1. The first-order valence-electron chi connectivity index (χ1n) is 8.20. The molecule has 1 N–H and O–H groups in total. The molecule has 0 aliphatic heterocycles. The summed E-state index contributed by atoms with van der Waals surface area (Å²) in [5.74, 6) is 0.827. The van der Waals surface area contributed by atoms with E-state index in [1.165, 1.54) is 0 Å². The number of aromatic nitrogens is 1. The van der Waals surface area contributed by atoms with Gasteiger partial charge in [-0.3, -0.25) is 4.90 Å². The number of aryl methyl sites for hydroxylation is 2. The van der Waals surface area contributed by atoms with Gasteiger partial charge in [0, 0.05) is 25.5 Å². The van der Waals surface area contributed by atoms with Gasteiger partial charge in [-0.1, -0.05) is 12.1 Å². The second-order valence-electron chi connectivity index (χ2n) is 6.29. The first kappa shape index (κ1) is 19.5. The molecule has 0 amide bonds. The predicted molar refractivity (Wildman–Crippen MR) is 100 cm³/mol. The summed E-state index contributed by atoms with van der Waals surface area (Å²) in [6, 6.07) is 11.4. The Morgan fingerprint density at radius 2 is 1.88 bits per heavy atom. The molecular formula is C18H27N3O3S. The second-order valence-corrected chi connectivity index (χ2v) is 8.22. The van der Waals surface area contributed by atoms with Crippen LogP contribution >= 0.6 is 0 Å². The van der Waals surface area contributed by atoms with Crippen LogP contribution in [0.1, 0.15) is 17.3 Å². The molecule has 1 atom stereocenters. The highest BCUT2D eigenvalue weighted by molar-refractivity contribution is 7.89. The largest absolute Gasteiger partial charge is 0.497 e. The fourth-order valence-electron chi connectivity index (χ4n) is 2.69. The third kappa shape index (κ3) is 5.59. The van der Waals surface area contributed by atoms with Gasteiger partial charge in [0.15, 0.2) is 0 Å². The van der Waals surface area contributed by atoms with E-state index in [0.717, 1.165) is 17.0 Å². The fourth-order valence-corrected chi connectivity index (χ4v) is 3.76. The highest BCUT2D eigenvalue weighted by Crippen LogP contribution is 2.18. The van der Waals surface area contributed by atoms with Gasteiger partial charge in [0.1, 0.15) is 5.75 Å². The van der Waals surface area contributed by atoms with Crippen molar-refractivity contribution in [3.63, 3.8) is 0 Å². The standard InChI is InChI=1S/C18H27N3O3S/c1-20(2)18(17-6-5-12-21(17)3)14-19-25(22,23)13-11-15-7-9-16(24-4)10-8-15/h5-10,12,18-19H,11,13-14H2,1-4H3. The minimum Gasteiger partial charge on any atom is -0.497 e. The minimum atomic E-state index is -3.35. The van der Waals surface area contributed by atoms with Crippen LogP contribution in [0.25, 0.3) is 0 Å². The predicted octanol–water partition coefficient (Wildman–Crippen LogP) is 1.80. The first-order valence-corrected chi connectivity index (χ1v) is 9.85. The van der Waals surface area contributed by atoms with Crippen LogP contribution in [0.5, 0.6) is 5.75 Å². The van der Waals surface area contributed by atoms with Crippen LogP contribution in [0.3, 0.4) is 0 Å². The van der Waals surface area contributed by atoms with Crippen LogP contribution in [0.15, 0.2) is 42.6 Å². The molecule has 0 fully saturated rings. The van der Waals surface area contributed by atoms with E-state index in [1.807, 2.05) is 73.2 Å². The normalized spacial score (nSPS) is 13.2. The van der Waals surface area contributed by atoms with Gasteiger partial charge >= 0.3 is 0 Å². The van der Waals surface area contributed by atoms with Crippen molar-refractivity contribution in [1.29, 1.82) is 0 Å². The first-order chi connectivity index (χ1) is 11.8. The summed E-state index contributed by atoms with van der Waals surface area (Å²) in [7, 11) is 4.12. The summed E-state index contributed by atoms with van der Waals surface area (Å²) in [4.78, 5) is 2.02. The molecule has 0 saturated heterocycles. The Morgan fingerprint density at radius 3 is 2.40 bits per heavy atom. The minimum absolute atomic E-state index is 0.0178. The Morgan fingerprint density at radius 1 is 1.20 bits per heavy atom. The van der Waals surface area contributed by atoms with E-state index in [9.17, 15) is 8.42 Å². The topological polar surface area (TPSA) is 63.6 Å². The number of hydrogen-bond acceptors (Lipinski definition) is 4. The van der Waals surface area contributed by atoms with Gasteiger partial charge in [-0.15, -0.1) is 0 Å². The molecule has 1 unspecified atom stereocenters. The average molecular weight is 365 g/mol. The van der Waals surface area contributed by atoms with E-state index in [4.69, 9.17) is 4.74 Å². The van der Waals surface area contributed by atoms with Gasteiger partial charge < -0.3 is 9.30 Å². The Kier molecular flexibility index (Phi) is 6.64. The van der Waals surface area contributed by atoms with Crippen molar-refractivity contribution in [2.45, 2.75) is 12.5 Å². The van der Waals surface area contributed by atoms with Crippen LogP contribution in [0.2, 0.25) is 0 Å². The van der Waals surface area contributed by atoms with Gasteiger partial charge in [0.2, 0.25) is 10.0 Å². The Bertz CT molecular complexity index is 767. The van der Waals surface area contributed by atoms with Crippen molar-refractivity contribution in [3.05, 3.63) is 53.9 Å². The zero-order chi connectivity index (χ0) is 18.4. The zero-order valence-electron chi connectivity index (χ0n) is 15.3. The number of nitrogens with one attached hydrogen (secondary N) is 1.